The van der Waals surface area contributed by atoms with Gasteiger partial charge in [-0.3, -0.25) is 9.59 Å². The van der Waals surface area contributed by atoms with Crippen molar-refractivity contribution in [1.29, 1.82) is 0 Å². The van der Waals surface area contributed by atoms with Crippen LogP contribution >= 0.6 is 11.6 Å². The van der Waals surface area contributed by atoms with E-state index in [1.54, 1.807) is 4.90 Å². The zero-order valence-corrected chi connectivity index (χ0v) is 23.4. The molecule has 1 heterocycles. The number of hydrogen-bond acceptors (Lipinski definition) is 2. The maximum atomic E-state index is 13.9. The molecule has 0 N–H and O–H groups in total. The lowest BCUT2D eigenvalue weighted by molar-refractivity contribution is -0.143. The van der Waals surface area contributed by atoms with Gasteiger partial charge in [0.15, 0.2) is 0 Å². The van der Waals surface area contributed by atoms with Crippen LogP contribution in [0.25, 0.3) is 0 Å². The van der Waals surface area contributed by atoms with E-state index in [-0.39, 0.29) is 30.3 Å². The van der Waals surface area contributed by atoms with Gasteiger partial charge >= 0.3 is 0 Å². The van der Waals surface area contributed by atoms with Crippen molar-refractivity contribution in [3.8, 4) is 0 Å². The Morgan fingerprint density at radius 3 is 2.34 bits per heavy atom. The highest BCUT2D eigenvalue weighted by Gasteiger charge is 2.30. The fourth-order valence-electron chi connectivity index (χ4n) is 5.60. The molecule has 1 aromatic heterocycles. The van der Waals surface area contributed by atoms with Crippen LogP contribution < -0.4 is 0 Å². The van der Waals surface area contributed by atoms with Crippen LogP contribution in [0.3, 0.4) is 0 Å². The zero-order chi connectivity index (χ0) is 26.9. The van der Waals surface area contributed by atoms with Gasteiger partial charge in [-0.15, -0.1) is 0 Å². The molecule has 3 aromatic rings. The second-order valence-corrected chi connectivity index (χ2v) is 10.7. The molecule has 1 aliphatic rings. The maximum absolute atomic E-state index is 13.9. The summed E-state index contributed by atoms with van der Waals surface area (Å²) >= 11 is 6.44. The molecule has 2 amide bonds. The second kappa shape index (κ2) is 13.7. The van der Waals surface area contributed by atoms with Gasteiger partial charge in [-0.1, -0.05) is 86.3 Å². The van der Waals surface area contributed by atoms with Crippen LogP contribution in [0, 0.1) is 0 Å². The lowest BCUT2D eigenvalue weighted by Gasteiger charge is -2.36. The average Bonchev–Trinajstić information content (AvgIpc) is 3.39. The van der Waals surface area contributed by atoms with Crippen LogP contribution in [0.5, 0.6) is 0 Å². The van der Waals surface area contributed by atoms with Crippen LogP contribution in [0.2, 0.25) is 5.02 Å². The number of hydrogen-bond donors (Lipinski definition) is 0. The Balaban J connectivity index is 1.53. The van der Waals surface area contributed by atoms with Gasteiger partial charge in [0.05, 0.1) is 19.0 Å². The number of likely N-dealkylation sites (N-methyl/N-ethyl adjacent to an activating group) is 1. The first kappa shape index (κ1) is 28.0. The van der Waals surface area contributed by atoms with Crippen LogP contribution in [0.1, 0.15) is 75.1 Å². The first-order valence-corrected chi connectivity index (χ1v) is 14.4. The standard InChI is InChI=1S/C32H40ClN3O2/c1-3-29(25-14-7-5-8-15-25)32(38)34(4-2)24-31(37)36(27-17-9-6-10-18-27)23-28-19-13-21-35(28)22-26-16-11-12-20-30(26)33/h5,7-8,11-16,19-21,27,29H,3-4,6,9-10,17-18,22-24H2,1-2H3. The Labute approximate surface area is 232 Å². The topological polar surface area (TPSA) is 45.6 Å². The summed E-state index contributed by atoms with van der Waals surface area (Å²) in [5.74, 6) is -0.180. The molecule has 1 aliphatic carbocycles. The van der Waals surface area contributed by atoms with E-state index in [4.69, 9.17) is 11.6 Å². The molecule has 1 unspecified atom stereocenters. The molecule has 0 spiro atoms. The number of carbonyl (C=O) groups is 2. The normalized spacial score (nSPS) is 14.7. The van der Waals surface area contributed by atoms with Crippen LogP contribution in [-0.4, -0.2) is 45.3 Å². The Morgan fingerprint density at radius 2 is 1.66 bits per heavy atom. The van der Waals surface area contributed by atoms with Gasteiger partial charge in [0.1, 0.15) is 0 Å². The van der Waals surface area contributed by atoms with E-state index < -0.39 is 0 Å². The fourth-order valence-corrected chi connectivity index (χ4v) is 5.80. The van der Waals surface area contributed by atoms with Crippen molar-refractivity contribution in [2.24, 2.45) is 0 Å². The van der Waals surface area contributed by atoms with E-state index in [0.29, 0.717) is 26.1 Å². The zero-order valence-electron chi connectivity index (χ0n) is 22.7. The van der Waals surface area contributed by atoms with Crippen LogP contribution in [-0.2, 0) is 22.7 Å². The number of amides is 2. The molecule has 0 saturated heterocycles. The van der Waals surface area contributed by atoms with E-state index in [1.165, 1.54) is 6.42 Å². The highest BCUT2D eigenvalue weighted by atomic mass is 35.5. The van der Waals surface area contributed by atoms with Gasteiger partial charge in [0.2, 0.25) is 11.8 Å². The van der Waals surface area contributed by atoms with E-state index in [2.05, 4.69) is 16.8 Å². The van der Waals surface area contributed by atoms with Gasteiger partial charge in [0.25, 0.3) is 0 Å². The van der Waals surface area contributed by atoms with Gasteiger partial charge in [-0.2, -0.15) is 0 Å². The van der Waals surface area contributed by atoms with Gasteiger partial charge in [0, 0.05) is 36.0 Å². The predicted molar refractivity (Wildman–Crippen MR) is 154 cm³/mol. The number of carbonyl (C=O) groups excluding carboxylic acids is 2. The summed E-state index contributed by atoms with van der Waals surface area (Å²) in [7, 11) is 0. The first-order valence-electron chi connectivity index (χ1n) is 14.0. The highest BCUT2D eigenvalue weighted by Crippen LogP contribution is 2.27. The molecular weight excluding hydrogens is 494 g/mol. The lowest BCUT2D eigenvalue weighted by atomic mass is 9.93. The van der Waals surface area contributed by atoms with Crippen molar-refractivity contribution < 1.29 is 9.59 Å². The summed E-state index contributed by atoms with van der Waals surface area (Å²) in [6, 6.07) is 22.1. The molecule has 38 heavy (non-hydrogen) atoms. The molecule has 1 fully saturated rings. The summed E-state index contributed by atoms with van der Waals surface area (Å²) in [5.41, 5.74) is 3.14. The fraction of sp³-hybridized carbons (Fsp3) is 0.438. The maximum Gasteiger partial charge on any atom is 0.242 e. The molecule has 0 radical (unpaired) electrons. The van der Waals surface area contributed by atoms with Crippen molar-refractivity contribution >= 4 is 23.4 Å². The van der Waals surface area contributed by atoms with E-state index >= 15 is 0 Å². The molecule has 0 aliphatic heterocycles. The summed E-state index contributed by atoms with van der Waals surface area (Å²) in [6.45, 7) is 5.80. The van der Waals surface area contributed by atoms with Gasteiger partial charge in [-0.25, -0.2) is 0 Å². The first-order chi connectivity index (χ1) is 18.5. The number of benzene rings is 2. The molecule has 4 rings (SSSR count). The Bertz CT molecular complexity index is 1190. The molecule has 0 bridgehead atoms. The summed E-state index contributed by atoms with van der Waals surface area (Å²) in [6.07, 6.45) is 8.27. The Morgan fingerprint density at radius 1 is 0.947 bits per heavy atom. The molecule has 6 heteroatoms. The minimum Gasteiger partial charge on any atom is -0.345 e. The second-order valence-electron chi connectivity index (χ2n) is 10.3. The van der Waals surface area contributed by atoms with Crippen LogP contribution in [0.4, 0.5) is 0 Å². The summed E-state index contributed by atoms with van der Waals surface area (Å²) in [5, 5.41) is 0.744. The number of rotatable bonds is 11. The molecule has 1 saturated carbocycles. The van der Waals surface area contributed by atoms with E-state index in [1.807, 2.05) is 79.4 Å². The smallest absolute Gasteiger partial charge is 0.242 e. The van der Waals surface area contributed by atoms with Crippen molar-refractivity contribution in [2.45, 2.75) is 77.4 Å². The minimum atomic E-state index is -0.236. The van der Waals surface area contributed by atoms with Crippen molar-refractivity contribution in [3.05, 3.63) is 94.8 Å². The quantitative estimate of drug-likeness (QED) is 0.269. The van der Waals surface area contributed by atoms with Crippen molar-refractivity contribution in [2.75, 3.05) is 13.1 Å². The summed E-state index contributed by atoms with van der Waals surface area (Å²) in [4.78, 5) is 31.3. The van der Waals surface area contributed by atoms with Gasteiger partial charge < -0.3 is 14.4 Å². The summed E-state index contributed by atoms with van der Waals surface area (Å²) < 4.78 is 2.18. The highest BCUT2D eigenvalue weighted by molar-refractivity contribution is 6.31. The lowest BCUT2D eigenvalue weighted by Crippen LogP contribution is -2.48. The van der Waals surface area contributed by atoms with Crippen LogP contribution in [0.15, 0.2) is 72.9 Å². The number of halogens is 1. The third-order valence-electron chi connectivity index (χ3n) is 7.82. The molecule has 2 aromatic carbocycles. The molecular formula is C32H40ClN3O2. The van der Waals surface area contributed by atoms with Crippen molar-refractivity contribution in [3.63, 3.8) is 0 Å². The number of aromatic nitrogens is 1. The largest absolute Gasteiger partial charge is 0.345 e. The van der Waals surface area contributed by atoms with Crippen molar-refractivity contribution in [1.82, 2.24) is 14.4 Å². The predicted octanol–water partition coefficient (Wildman–Crippen LogP) is 6.89. The molecule has 1 atom stereocenters. The molecule has 202 valence electrons. The molecule has 5 nitrogen and oxygen atoms in total. The third-order valence-corrected chi connectivity index (χ3v) is 8.19. The SMILES string of the molecule is CCC(C(=O)N(CC)CC(=O)N(Cc1cccn1Cc1ccccc1Cl)C1CCCCC1)c1ccccc1. The minimum absolute atomic E-state index is 0.0280. The van der Waals surface area contributed by atoms with E-state index in [0.717, 1.165) is 47.5 Å². The van der Waals surface area contributed by atoms with E-state index in [9.17, 15) is 9.59 Å². The third kappa shape index (κ3) is 6.87. The number of nitrogens with zero attached hydrogens (tertiary/aromatic N) is 3. The average molecular weight is 534 g/mol. The Hall–Kier alpha value is -3.05. The monoisotopic (exact) mass is 533 g/mol. The Kier molecular flexibility index (Phi) is 10.1. The van der Waals surface area contributed by atoms with Gasteiger partial charge in [-0.05, 0) is 55.5 Å².